The Balaban J connectivity index is 0.881. The van der Waals surface area contributed by atoms with Crippen molar-refractivity contribution in [2.45, 2.75) is 0 Å². The number of rotatable bonds is 8. The SMILES string of the molecule is C(=C\c1ccc2cc(N(c3cccc4ccccc34)c3c4ccccc4cc4ccccc34)ccc2c1)/c1ccc(N(c2cccc3ccccc23)c2c3ccccc3cc3ccccc23)cc1. The Morgan fingerprint density at radius 3 is 1.07 bits per heavy atom. The minimum absolute atomic E-state index is 1.11. The van der Waals surface area contributed by atoms with Crippen LogP contribution in [0.4, 0.5) is 34.1 Å². The molecule has 0 atom stereocenters. The zero-order chi connectivity index (χ0) is 45.0. The fourth-order valence-electron chi connectivity index (χ4n) is 10.5. The molecule has 2 nitrogen and oxygen atoms in total. The molecule has 13 aromatic rings. The van der Waals surface area contributed by atoms with Gasteiger partial charge in [-0.3, -0.25) is 0 Å². The molecule has 0 saturated carbocycles. The second-order valence-electron chi connectivity index (χ2n) is 17.7. The van der Waals surface area contributed by atoms with E-state index in [0.29, 0.717) is 0 Å². The maximum absolute atomic E-state index is 2.48. The number of hydrogen-bond acceptors (Lipinski definition) is 2. The van der Waals surface area contributed by atoms with E-state index in [1.54, 1.807) is 0 Å². The summed E-state index contributed by atoms with van der Waals surface area (Å²) < 4.78 is 0. The van der Waals surface area contributed by atoms with Gasteiger partial charge in [0.15, 0.2) is 0 Å². The van der Waals surface area contributed by atoms with Crippen LogP contribution < -0.4 is 9.80 Å². The highest BCUT2D eigenvalue weighted by Crippen LogP contribution is 2.48. The average Bonchev–Trinajstić information content (AvgIpc) is 3.40. The molecule has 0 heterocycles. The largest absolute Gasteiger partial charge is 0.309 e. The molecule has 13 rings (SSSR count). The van der Waals surface area contributed by atoms with Gasteiger partial charge in [0.25, 0.3) is 0 Å². The fraction of sp³-hybridized carbons (Fsp3) is 0. The predicted molar refractivity (Wildman–Crippen MR) is 294 cm³/mol. The van der Waals surface area contributed by atoms with Crippen LogP contribution in [0.3, 0.4) is 0 Å². The van der Waals surface area contributed by atoms with Gasteiger partial charge >= 0.3 is 0 Å². The van der Waals surface area contributed by atoms with Crippen molar-refractivity contribution in [2.75, 3.05) is 9.80 Å². The number of benzene rings is 13. The average molecular weight is 865 g/mol. The van der Waals surface area contributed by atoms with E-state index in [0.717, 1.165) is 33.9 Å². The molecule has 0 amide bonds. The Morgan fingerprint density at radius 2 is 0.574 bits per heavy atom. The zero-order valence-corrected chi connectivity index (χ0v) is 37.3. The second-order valence-corrected chi connectivity index (χ2v) is 17.7. The molecule has 0 aliphatic rings. The second kappa shape index (κ2) is 16.5. The van der Waals surface area contributed by atoms with Crippen molar-refractivity contribution in [3.63, 3.8) is 0 Å². The lowest BCUT2D eigenvalue weighted by molar-refractivity contribution is 1.32. The summed E-state index contributed by atoms with van der Waals surface area (Å²) in [5.74, 6) is 0. The first-order valence-corrected chi connectivity index (χ1v) is 23.4. The van der Waals surface area contributed by atoms with Crippen molar-refractivity contribution in [2.24, 2.45) is 0 Å². The van der Waals surface area contributed by atoms with Crippen LogP contribution in [0.1, 0.15) is 11.1 Å². The highest BCUT2D eigenvalue weighted by atomic mass is 15.2. The zero-order valence-electron chi connectivity index (χ0n) is 37.3. The van der Waals surface area contributed by atoms with Crippen LogP contribution in [0, 0.1) is 0 Å². The Labute approximate surface area is 395 Å². The lowest BCUT2D eigenvalue weighted by Gasteiger charge is -2.30. The van der Waals surface area contributed by atoms with Gasteiger partial charge in [-0.25, -0.2) is 0 Å². The summed E-state index contributed by atoms with van der Waals surface area (Å²) in [5, 5.41) is 17.0. The van der Waals surface area contributed by atoms with Crippen molar-refractivity contribution in [1.82, 2.24) is 0 Å². The summed E-state index contributed by atoms with van der Waals surface area (Å²) in [5.41, 5.74) is 9.19. The van der Waals surface area contributed by atoms with Crippen LogP contribution in [0.15, 0.2) is 255 Å². The van der Waals surface area contributed by atoms with Gasteiger partial charge in [-0.1, -0.05) is 212 Å². The summed E-state index contributed by atoms with van der Waals surface area (Å²) in [4.78, 5) is 4.94. The summed E-state index contributed by atoms with van der Waals surface area (Å²) in [6.07, 6.45) is 4.45. The van der Waals surface area contributed by atoms with Gasteiger partial charge in [0, 0.05) is 43.7 Å². The van der Waals surface area contributed by atoms with E-state index in [4.69, 9.17) is 0 Å². The van der Waals surface area contributed by atoms with Gasteiger partial charge < -0.3 is 9.80 Å². The maximum Gasteiger partial charge on any atom is 0.0618 e. The van der Waals surface area contributed by atoms with Crippen LogP contribution in [0.5, 0.6) is 0 Å². The molecule has 0 unspecified atom stereocenters. The Morgan fingerprint density at radius 1 is 0.221 bits per heavy atom. The molecule has 0 spiro atoms. The first-order chi connectivity index (χ1) is 33.7. The molecule has 0 aliphatic heterocycles. The van der Waals surface area contributed by atoms with E-state index >= 15 is 0 Å². The normalized spacial score (nSPS) is 11.8. The summed E-state index contributed by atoms with van der Waals surface area (Å²) in [6.45, 7) is 0. The van der Waals surface area contributed by atoms with Crippen molar-refractivity contribution in [3.8, 4) is 0 Å². The third-order valence-electron chi connectivity index (χ3n) is 13.7. The summed E-state index contributed by atoms with van der Waals surface area (Å²) >= 11 is 0. The molecule has 0 aromatic heterocycles. The maximum atomic E-state index is 2.48. The van der Waals surface area contributed by atoms with Gasteiger partial charge in [0.2, 0.25) is 0 Å². The number of nitrogens with zero attached hydrogens (tertiary/aromatic N) is 2. The Hall–Kier alpha value is -8.98. The molecule has 0 saturated heterocycles. The van der Waals surface area contributed by atoms with Gasteiger partial charge in [-0.15, -0.1) is 0 Å². The van der Waals surface area contributed by atoms with E-state index in [-0.39, 0.29) is 0 Å². The van der Waals surface area contributed by atoms with Crippen molar-refractivity contribution >= 4 is 122 Å². The number of hydrogen-bond donors (Lipinski definition) is 0. The molecule has 0 bridgehead atoms. The molecule has 68 heavy (non-hydrogen) atoms. The monoisotopic (exact) mass is 864 g/mol. The first kappa shape index (κ1) is 39.4. The Bertz CT molecular complexity index is 3990. The smallest absolute Gasteiger partial charge is 0.0618 e. The molecule has 0 aliphatic carbocycles. The minimum atomic E-state index is 1.11. The van der Waals surface area contributed by atoms with E-state index in [2.05, 4.69) is 277 Å². The summed E-state index contributed by atoms with van der Waals surface area (Å²) in [6, 6.07) is 93.1. The van der Waals surface area contributed by atoms with E-state index < -0.39 is 0 Å². The van der Waals surface area contributed by atoms with Gasteiger partial charge in [-0.2, -0.15) is 0 Å². The minimum Gasteiger partial charge on any atom is -0.309 e. The third-order valence-corrected chi connectivity index (χ3v) is 13.7. The van der Waals surface area contributed by atoms with Crippen LogP contribution >= 0.6 is 0 Å². The fourth-order valence-corrected chi connectivity index (χ4v) is 10.5. The topological polar surface area (TPSA) is 6.48 Å². The molecule has 318 valence electrons. The predicted octanol–water partition coefficient (Wildman–Crippen LogP) is 18.9. The van der Waals surface area contributed by atoms with Crippen molar-refractivity contribution < 1.29 is 0 Å². The number of fused-ring (bicyclic) bond motifs is 7. The molecular weight excluding hydrogens is 821 g/mol. The third kappa shape index (κ3) is 6.82. The molecule has 0 N–H and O–H groups in total. The number of anilines is 6. The highest BCUT2D eigenvalue weighted by Gasteiger charge is 2.22. The van der Waals surface area contributed by atoms with Crippen LogP contribution in [0.25, 0.3) is 87.6 Å². The van der Waals surface area contributed by atoms with Gasteiger partial charge in [0.1, 0.15) is 0 Å². The molecular formula is C66H44N2. The van der Waals surface area contributed by atoms with Gasteiger partial charge in [0.05, 0.1) is 22.7 Å². The molecule has 0 fully saturated rings. The van der Waals surface area contributed by atoms with Crippen LogP contribution in [-0.4, -0.2) is 0 Å². The molecule has 13 aromatic carbocycles. The van der Waals surface area contributed by atoms with E-state index in [1.807, 2.05) is 0 Å². The molecule has 2 heteroatoms. The lowest BCUT2D eigenvalue weighted by atomic mass is 9.97. The van der Waals surface area contributed by atoms with Crippen molar-refractivity contribution in [3.05, 3.63) is 266 Å². The van der Waals surface area contributed by atoms with E-state index in [1.165, 1.54) is 86.8 Å². The Kier molecular flexibility index (Phi) is 9.54. The summed E-state index contributed by atoms with van der Waals surface area (Å²) in [7, 11) is 0. The van der Waals surface area contributed by atoms with Gasteiger partial charge in [-0.05, 0) is 109 Å². The van der Waals surface area contributed by atoms with Crippen LogP contribution in [-0.2, 0) is 0 Å². The first-order valence-electron chi connectivity index (χ1n) is 23.4. The highest BCUT2D eigenvalue weighted by molar-refractivity contribution is 6.18. The standard InChI is InChI=1S/C66H44N2/c1-7-23-57-47(15-1)21-13-29-63(57)67(65-59-25-9-3-17-51(59)42-52-18-4-10-26-60(52)65)55-38-34-45(35-39-55)31-32-46-33-36-50-44-56(40-37-49(50)41-46)68(64-30-14-22-48-16-2-8-24-58(48)64)66-61-27-11-5-19-53(61)43-54-20-6-12-28-62(54)66/h1-44H/b32-31+. The van der Waals surface area contributed by atoms with Crippen LogP contribution in [0.2, 0.25) is 0 Å². The molecule has 0 radical (unpaired) electrons. The quantitative estimate of drug-likeness (QED) is 0.111. The van der Waals surface area contributed by atoms with Crippen molar-refractivity contribution in [1.29, 1.82) is 0 Å². The van der Waals surface area contributed by atoms with E-state index in [9.17, 15) is 0 Å². The lowest BCUT2D eigenvalue weighted by Crippen LogP contribution is -2.11.